The van der Waals surface area contributed by atoms with E-state index in [1.54, 1.807) is 17.0 Å². The molecule has 0 spiro atoms. The molecular weight excluding hydrogens is 292 g/mol. The summed E-state index contributed by atoms with van der Waals surface area (Å²) in [5.74, 6) is -0.271. The Balaban J connectivity index is 1.63. The van der Waals surface area contributed by atoms with Crippen LogP contribution in [0, 0.1) is 0 Å². The van der Waals surface area contributed by atoms with Gasteiger partial charge in [0.15, 0.2) is 0 Å². The van der Waals surface area contributed by atoms with Crippen LogP contribution < -0.4 is 5.48 Å². The van der Waals surface area contributed by atoms with Crippen LogP contribution in [0.5, 0.6) is 0 Å². The molecule has 0 bridgehead atoms. The molecule has 1 aromatic carbocycles. The lowest BCUT2D eigenvalue weighted by Gasteiger charge is -2.34. The van der Waals surface area contributed by atoms with E-state index >= 15 is 0 Å². The molecule has 23 heavy (non-hydrogen) atoms. The van der Waals surface area contributed by atoms with Gasteiger partial charge in [0.05, 0.1) is 6.10 Å². The first kappa shape index (κ1) is 16.0. The Morgan fingerprint density at radius 2 is 1.70 bits per heavy atom. The van der Waals surface area contributed by atoms with Gasteiger partial charge in [-0.15, -0.1) is 0 Å². The zero-order valence-corrected chi connectivity index (χ0v) is 13.4. The van der Waals surface area contributed by atoms with E-state index in [4.69, 9.17) is 4.84 Å². The van der Waals surface area contributed by atoms with E-state index in [1.165, 1.54) is 0 Å². The number of nitrogens with one attached hydrogen (secondary N) is 1. The number of rotatable bonds is 4. The standard InChI is InChI=1S/C18H24N2O3/c21-17(19-23-15-10-4-5-11-15)16-12-6-7-13-20(16)18(22)14-8-2-1-3-9-14/h1-3,8-9,15-16H,4-7,10-13H2,(H,19,21). The topological polar surface area (TPSA) is 58.6 Å². The maximum atomic E-state index is 12.7. The highest BCUT2D eigenvalue weighted by molar-refractivity contribution is 5.97. The molecule has 5 nitrogen and oxygen atoms in total. The highest BCUT2D eigenvalue weighted by Crippen LogP contribution is 2.22. The average Bonchev–Trinajstić information content (AvgIpc) is 3.13. The van der Waals surface area contributed by atoms with Gasteiger partial charge in [-0.3, -0.25) is 14.4 Å². The summed E-state index contributed by atoms with van der Waals surface area (Å²) in [6.07, 6.45) is 7.02. The summed E-state index contributed by atoms with van der Waals surface area (Å²) in [7, 11) is 0. The normalized spacial score (nSPS) is 22.1. The third kappa shape index (κ3) is 3.91. The lowest BCUT2D eigenvalue weighted by Crippen LogP contribution is -2.52. The molecule has 1 N–H and O–H groups in total. The van der Waals surface area contributed by atoms with Gasteiger partial charge in [-0.05, 0) is 44.2 Å². The molecule has 1 atom stereocenters. The van der Waals surface area contributed by atoms with Crippen molar-refractivity contribution in [1.82, 2.24) is 10.4 Å². The van der Waals surface area contributed by atoms with Gasteiger partial charge in [0.1, 0.15) is 6.04 Å². The molecule has 0 aromatic heterocycles. The predicted octanol–water partition coefficient (Wildman–Crippen LogP) is 2.67. The van der Waals surface area contributed by atoms with Crippen LogP contribution in [0.15, 0.2) is 30.3 Å². The number of hydrogen-bond acceptors (Lipinski definition) is 3. The third-order valence-corrected chi connectivity index (χ3v) is 4.72. The molecule has 3 rings (SSSR count). The zero-order valence-electron chi connectivity index (χ0n) is 13.4. The van der Waals surface area contributed by atoms with Crippen LogP contribution in [0.1, 0.15) is 55.3 Å². The van der Waals surface area contributed by atoms with Crippen molar-refractivity contribution in [3.05, 3.63) is 35.9 Å². The molecular formula is C18H24N2O3. The Morgan fingerprint density at radius 3 is 2.43 bits per heavy atom. The third-order valence-electron chi connectivity index (χ3n) is 4.72. The molecule has 1 unspecified atom stereocenters. The quantitative estimate of drug-likeness (QED) is 0.869. The van der Waals surface area contributed by atoms with Gasteiger partial charge in [-0.1, -0.05) is 31.0 Å². The van der Waals surface area contributed by atoms with Crippen LogP contribution in [-0.4, -0.2) is 35.4 Å². The fraction of sp³-hybridized carbons (Fsp3) is 0.556. The van der Waals surface area contributed by atoms with Gasteiger partial charge < -0.3 is 4.90 Å². The van der Waals surface area contributed by atoms with Gasteiger partial charge in [-0.2, -0.15) is 0 Å². The number of carbonyl (C=O) groups excluding carboxylic acids is 2. The molecule has 2 aliphatic rings. The number of hydroxylamine groups is 1. The minimum Gasteiger partial charge on any atom is -0.327 e. The number of likely N-dealkylation sites (tertiary alicyclic amines) is 1. The first-order chi connectivity index (χ1) is 11.3. The SMILES string of the molecule is O=C(NOC1CCCC1)C1CCCCN1C(=O)c1ccccc1. The Kier molecular flexibility index (Phi) is 5.28. The molecule has 1 saturated heterocycles. The van der Waals surface area contributed by atoms with Gasteiger partial charge >= 0.3 is 0 Å². The molecule has 1 aromatic rings. The van der Waals surface area contributed by atoms with Crippen LogP contribution >= 0.6 is 0 Å². The molecule has 2 amide bonds. The molecule has 124 valence electrons. The molecule has 1 aliphatic carbocycles. The lowest BCUT2D eigenvalue weighted by atomic mass is 10.0. The Labute approximate surface area is 136 Å². The summed E-state index contributed by atoms with van der Waals surface area (Å²) in [4.78, 5) is 32.4. The van der Waals surface area contributed by atoms with Crippen molar-refractivity contribution in [2.45, 2.75) is 57.1 Å². The maximum Gasteiger partial charge on any atom is 0.266 e. The van der Waals surface area contributed by atoms with Crippen molar-refractivity contribution >= 4 is 11.8 Å². The summed E-state index contributed by atoms with van der Waals surface area (Å²) < 4.78 is 0. The van der Waals surface area contributed by atoms with Crippen molar-refractivity contribution in [3.63, 3.8) is 0 Å². The Morgan fingerprint density at radius 1 is 1.00 bits per heavy atom. The highest BCUT2D eigenvalue weighted by atomic mass is 16.7. The molecule has 2 fully saturated rings. The number of hydrogen-bond donors (Lipinski definition) is 1. The van der Waals surface area contributed by atoms with Crippen LogP contribution in [0.2, 0.25) is 0 Å². The summed E-state index contributed by atoms with van der Waals surface area (Å²) in [5, 5.41) is 0. The van der Waals surface area contributed by atoms with Crippen molar-refractivity contribution in [2.24, 2.45) is 0 Å². The second-order valence-electron chi connectivity index (χ2n) is 6.37. The molecule has 1 saturated carbocycles. The molecule has 1 aliphatic heterocycles. The van der Waals surface area contributed by atoms with E-state index < -0.39 is 6.04 Å². The van der Waals surface area contributed by atoms with Crippen LogP contribution in [0.4, 0.5) is 0 Å². The van der Waals surface area contributed by atoms with Gasteiger partial charge in [0, 0.05) is 12.1 Å². The minimum atomic E-state index is -0.433. The summed E-state index contributed by atoms with van der Waals surface area (Å²) >= 11 is 0. The van der Waals surface area contributed by atoms with Crippen molar-refractivity contribution in [1.29, 1.82) is 0 Å². The van der Waals surface area contributed by atoms with Gasteiger partial charge in [0.2, 0.25) is 0 Å². The van der Waals surface area contributed by atoms with Gasteiger partial charge in [-0.25, -0.2) is 5.48 Å². The van der Waals surface area contributed by atoms with E-state index in [1.807, 2.05) is 18.2 Å². The van der Waals surface area contributed by atoms with Crippen molar-refractivity contribution < 1.29 is 14.4 Å². The number of nitrogens with zero attached hydrogens (tertiary/aromatic N) is 1. The summed E-state index contributed by atoms with van der Waals surface area (Å²) in [6, 6.07) is 8.72. The predicted molar refractivity (Wildman–Crippen MR) is 86.6 cm³/mol. The van der Waals surface area contributed by atoms with E-state index in [-0.39, 0.29) is 17.9 Å². The smallest absolute Gasteiger partial charge is 0.266 e. The first-order valence-corrected chi connectivity index (χ1v) is 8.57. The molecule has 1 heterocycles. The second-order valence-corrected chi connectivity index (χ2v) is 6.37. The largest absolute Gasteiger partial charge is 0.327 e. The fourth-order valence-electron chi connectivity index (χ4n) is 3.41. The van der Waals surface area contributed by atoms with E-state index in [0.717, 1.165) is 38.5 Å². The monoisotopic (exact) mass is 316 g/mol. The minimum absolute atomic E-state index is 0.0775. The number of benzene rings is 1. The first-order valence-electron chi connectivity index (χ1n) is 8.57. The summed E-state index contributed by atoms with van der Waals surface area (Å²) in [6.45, 7) is 0.620. The molecule has 0 radical (unpaired) electrons. The lowest BCUT2D eigenvalue weighted by molar-refractivity contribution is -0.144. The number of carbonyl (C=O) groups is 2. The second kappa shape index (κ2) is 7.59. The van der Waals surface area contributed by atoms with E-state index in [9.17, 15) is 9.59 Å². The van der Waals surface area contributed by atoms with Gasteiger partial charge in [0.25, 0.3) is 11.8 Å². The summed E-state index contributed by atoms with van der Waals surface area (Å²) in [5.41, 5.74) is 3.23. The Hall–Kier alpha value is -1.88. The van der Waals surface area contributed by atoms with Crippen LogP contribution in [0.3, 0.4) is 0 Å². The average molecular weight is 316 g/mol. The maximum absolute atomic E-state index is 12.7. The van der Waals surface area contributed by atoms with E-state index in [2.05, 4.69) is 5.48 Å². The van der Waals surface area contributed by atoms with Crippen molar-refractivity contribution in [2.75, 3.05) is 6.54 Å². The van der Waals surface area contributed by atoms with Crippen LogP contribution in [-0.2, 0) is 9.63 Å². The fourth-order valence-corrected chi connectivity index (χ4v) is 3.41. The highest BCUT2D eigenvalue weighted by Gasteiger charge is 2.33. The number of piperidine rings is 1. The Bertz CT molecular complexity index is 540. The number of amides is 2. The molecule has 5 heteroatoms. The zero-order chi connectivity index (χ0) is 16.1. The van der Waals surface area contributed by atoms with Crippen molar-refractivity contribution in [3.8, 4) is 0 Å². The van der Waals surface area contributed by atoms with Crippen LogP contribution in [0.25, 0.3) is 0 Å². The van der Waals surface area contributed by atoms with E-state index in [0.29, 0.717) is 18.5 Å².